The summed E-state index contributed by atoms with van der Waals surface area (Å²) in [4.78, 5) is 3.94. The number of hydrogen-bond acceptors (Lipinski definition) is 5. The highest BCUT2D eigenvalue weighted by Gasteiger charge is 2.37. The summed E-state index contributed by atoms with van der Waals surface area (Å²) in [7, 11) is -2.47. The summed E-state index contributed by atoms with van der Waals surface area (Å²) in [5.74, 6) is 5.25. The predicted molar refractivity (Wildman–Crippen MR) is 128 cm³/mol. The molecule has 0 atom stereocenters. The number of halogens is 6. The Morgan fingerprint density at radius 1 is 0.974 bits per heavy atom. The number of benzene rings is 2. The third-order valence-electron chi connectivity index (χ3n) is 5.35. The molecule has 2 aromatic carbocycles. The van der Waals surface area contributed by atoms with Gasteiger partial charge in [0.15, 0.2) is 11.3 Å². The van der Waals surface area contributed by atoms with Gasteiger partial charge in [-0.25, -0.2) is 22.6 Å². The van der Waals surface area contributed by atoms with Crippen LogP contribution in [0.2, 0.25) is 0 Å². The highest BCUT2D eigenvalue weighted by atomic mass is 32.2. The quantitative estimate of drug-likeness (QED) is 0.206. The van der Waals surface area contributed by atoms with Crippen molar-refractivity contribution in [3.05, 3.63) is 83.2 Å². The molecule has 4 aromatic rings. The van der Waals surface area contributed by atoms with E-state index >= 15 is 0 Å². The van der Waals surface area contributed by atoms with E-state index in [0.29, 0.717) is 10.6 Å². The Labute approximate surface area is 218 Å². The first-order valence-electron chi connectivity index (χ1n) is 11.0. The minimum Gasteiger partial charge on any atom is -0.383 e. The Bertz CT molecular complexity index is 1690. The number of aromatic nitrogens is 3. The standard InChI is InChI=1S/C25H18F6N4O3S/c1-38-12-11-33-39(36,37)18-6-4-5-16(13-18)9-10-17-15-32-35-22(25(29,30)31)14-21(34-23(17)35)19-7-2-3-8-20(19)24(26,27)28/h2-8,13-15,33H,11-12H2,1H3. The van der Waals surface area contributed by atoms with E-state index in [4.69, 9.17) is 4.74 Å². The van der Waals surface area contributed by atoms with Crippen molar-refractivity contribution < 1.29 is 39.5 Å². The van der Waals surface area contributed by atoms with Crippen molar-refractivity contribution in [3.8, 4) is 23.1 Å². The van der Waals surface area contributed by atoms with E-state index in [2.05, 4.69) is 26.6 Å². The molecule has 0 saturated carbocycles. The van der Waals surface area contributed by atoms with Crippen LogP contribution in [0, 0.1) is 11.8 Å². The van der Waals surface area contributed by atoms with Gasteiger partial charge < -0.3 is 4.74 Å². The summed E-state index contributed by atoms with van der Waals surface area (Å²) in [5, 5.41) is 3.69. The molecule has 7 nitrogen and oxygen atoms in total. The van der Waals surface area contributed by atoms with E-state index in [1.165, 1.54) is 37.4 Å². The number of methoxy groups -OCH3 is 1. The van der Waals surface area contributed by atoms with E-state index in [-0.39, 0.29) is 29.2 Å². The smallest absolute Gasteiger partial charge is 0.383 e. The number of ether oxygens (including phenoxy) is 1. The van der Waals surface area contributed by atoms with Gasteiger partial charge in [0, 0.05) is 24.8 Å². The second kappa shape index (κ2) is 10.7. The number of sulfonamides is 1. The van der Waals surface area contributed by atoms with Crippen LogP contribution in [-0.4, -0.2) is 43.3 Å². The molecule has 0 bridgehead atoms. The molecular weight excluding hydrogens is 550 g/mol. The number of nitrogens with one attached hydrogen (secondary N) is 1. The number of hydrogen-bond donors (Lipinski definition) is 1. The summed E-state index contributed by atoms with van der Waals surface area (Å²) in [5.41, 5.74) is -3.94. The largest absolute Gasteiger partial charge is 0.433 e. The van der Waals surface area contributed by atoms with Gasteiger partial charge in [-0.15, -0.1) is 0 Å². The molecule has 0 fully saturated rings. The summed E-state index contributed by atoms with van der Waals surface area (Å²) in [6.07, 6.45) is -8.81. The lowest BCUT2D eigenvalue weighted by atomic mass is 10.0. The molecule has 1 N–H and O–H groups in total. The second-order valence-electron chi connectivity index (χ2n) is 8.03. The molecule has 0 aliphatic heterocycles. The van der Waals surface area contributed by atoms with Gasteiger partial charge in [0.05, 0.1) is 34.5 Å². The lowest BCUT2D eigenvalue weighted by Crippen LogP contribution is -2.27. The first kappa shape index (κ1) is 28.1. The molecule has 4 rings (SSSR count). The lowest BCUT2D eigenvalue weighted by molar-refractivity contribution is -0.142. The Morgan fingerprint density at radius 2 is 1.72 bits per heavy atom. The van der Waals surface area contributed by atoms with Crippen molar-refractivity contribution in [3.63, 3.8) is 0 Å². The molecule has 0 amide bonds. The summed E-state index contributed by atoms with van der Waals surface area (Å²) in [6.45, 7) is 0.181. The van der Waals surface area contributed by atoms with Crippen LogP contribution in [0.1, 0.15) is 22.4 Å². The van der Waals surface area contributed by atoms with Gasteiger partial charge in [-0.2, -0.15) is 31.4 Å². The number of nitrogens with zero attached hydrogens (tertiary/aromatic N) is 3. The first-order valence-corrected chi connectivity index (χ1v) is 12.5. The zero-order valence-corrected chi connectivity index (χ0v) is 20.7. The van der Waals surface area contributed by atoms with Crippen molar-refractivity contribution in [2.24, 2.45) is 0 Å². The maximum Gasteiger partial charge on any atom is 0.433 e. The van der Waals surface area contributed by atoms with Crippen LogP contribution in [0.15, 0.2) is 65.7 Å². The van der Waals surface area contributed by atoms with Gasteiger partial charge in [0.25, 0.3) is 0 Å². The van der Waals surface area contributed by atoms with Gasteiger partial charge >= 0.3 is 12.4 Å². The molecule has 2 heterocycles. The number of alkyl halides is 6. The number of rotatable bonds is 6. The van der Waals surface area contributed by atoms with E-state index < -0.39 is 50.5 Å². The van der Waals surface area contributed by atoms with Crippen molar-refractivity contribution >= 4 is 15.7 Å². The zero-order chi connectivity index (χ0) is 28.4. The molecule has 0 unspecified atom stereocenters. The van der Waals surface area contributed by atoms with E-state index in [9.17, 15) is 34.8 Å². The maximum absolute atomic E-state index is 13.9. The minimum absolute atomic E-state index is 0.0319. The van der Waals surface area contributed by atoms with Crippen molar-refractivity contribution in [2.45, 2.75) is 17.2 Å². The topological polar surface area (TPSA) is 85.6 Å². The number of fused-ring (bicyclic) bond motifs is 1. The van der Waals surface area contributed by atoms with Crippen LogP contribution in [0.3, 0.4) is 0 Å². The average molecular weight is 568 g/mol. The average Bonchev–Trinajstić information content (AvgIpc) is 3.29. The van der Waals surface area contributed by atoms with Crippen LogP contribution >= 0.6 is 0 Å². The van der Waals surface area contributed by atoms with Gasteiger partial charge in [-0.05, 0) is 30.3 Å². The fraction of sp³-hybridized carbons (Fsp3) is 0.200. The molecular formula is C25H18F6N4O3S. The fourth-order valence-corrected chi connectivity index (χ4v) is 4.65. The lowest BCUT2D eigenvalue weighted by Gasteiger charge is -2.15. The highest BCUT2D eigenvalue weighted by molar-refractivity contribution is 7.89. The zero-order valence-electron chi connectivity index (χ0n) is 19.9. The minimum atomic E-state index is -4.97. The van der Waals surface area contributed by atoms with Crippen molar-refractivity contribution in [1.29, 1.82) is 0 Å². The first-order chi connectivity index (χ1) is 18.3. The Hall–Kier alpha value is -3.93. The van der Waals surface area contributed by atoms with Crippen molar-refractivity contribution in [2.75, 3.05) is 20.3 Å². The van der Waals surface area contributed by atoms with Gasteiger partial charge in [0.2, 0.25) is 10.0 Å². The fourth-order valence-electron chi connectivity index (χ4n) is 3.59. The molecule has 0 radical (unpaired) electrons. The Kier molecular flexibility index (Phi) is 7.69. The van der Waals surface area contributed by atoms with Crippen molar-refractivity contribution in [1.82, 2.24) is 19.3 Å². The molecule has 0 aliphatic carbocycles. The third-order valence-corrected chi connectivity index (χ3v) is 6.81. The monoisotopic (exact) mass is 568 g/mol. The highest BCUT2D eigenvalue weighted by Crippen LogP contribution is 2.38. The van der Waals surface area contributed by atoms with Crippen LogP contribution in [-0.2, 0) is 27.1 Å². The van der Waals surface area contributed by atoms with Gasteiger partial charge in [-0.1, -0.05) is 36.1 Å². The molecule has 0 saturated heterocycles. The van der Waals surface area contributed by atoms with E-state index in [1.807, 2.05) is 0 Å². The predicted octanol–water partition coefficient (Wildman–Crippen LogP) is 4.76. The molecule has 2 aromatic heterocycles. The van der Waals surface area contributed by atoms with Crippen LogP contribution in [0.4, 0.5) is 26.3 Å². The molecule has 0 spiro atoms. The molecule has 204 valence electrons. The van der Waals surface area contributed by atoms with Gasteiger partial charge in [0.1, 0.15) is 0 Å². The SMILES string of the molecule is COCCNS(=O)(=O)c1cccc(C#Cc2cnn3c(C(F)(F)F)cc(-c4ccccc4C(F)(F)F)nc23)c1. The maximum atomic E-state index is 13.9. The van der Waals surface area contributed by atoms with E-state index in [0.717, 1.165) is 24.4 Å². The summed E-state index contributed by atoms with van der Waals surface area (Å²) < 4.78 is 115. The normalized spacial score (nSPS) is 12.4. The molecule has 0 aliphatic rings. The third kappa shape index (κ3) is 6.22. The Balaban J connectivity index is 1.81. The van der Waals surface area contributed by atoms with Gasteiger partial charge in [-0.3, -0.25) is 0 Å². The summed E-state index contributed by atoms with van der Waals surface area (Å²) >= 11 is 0. The molecule has 39 heavy (non-hydrogen) atoms. The van der Waals surface area contributed by atoms with E-state index in [1.54, 1.807) is 0 Å². The molecule has 14 heteroatoms. The Morgan fingerprint density at radius 3 is 2.41 bits per heavy atom. The van der Waals surface area contributed by atoms with Crippen LogP contribution in [0.5, 0.6) is 0 Å². The second-order valence-corrected chi connectivity index (χ2v) is 9.80. The van der Waals surface area contributed by atoms with Crippen LogP contribution in [0.25, 0.3) is 16.9 Å². The summed E-state index contributed by atoms with van der Waals surface area (Å²) in [6, 6.07) is 10.1. The van der Waals surface area contributed by atoms with Crippen LogP contribution < -0.4 is 4.72 Å².